The number of amides is 1. The molecule has 0 N–H and O–H groups in total. The third-order valence-electron chi connectivity index (χ3n) is 5.42. The highest BCUT2D eigenvalue weighted by molar-refractivity contribution is 8.13. The van der Waals surface area contributed by atoms with Gasteiger partial charge in [0.05, 0.1) is 5.75 Å². The predicted molar refractivity (Wildman–Crippen MR) is 122 cm³/mol. The highest BCUT2D eigenvalue weighted by Crippen LogP contribution is 2.44. The predicted octanol–water partition coefficient (Wildman–Crippen LogP) is 5.01. The second-order valence-electron chi connectivity index (χ2n) is 7.45. The molecule has 7 heteroatoms. The standard InChI is InChI=1S/C24H22ClNO4S/c25-31(28,29)15-14-26(16-18-8-2-1-3-9-18)24(27)30-17-23-21-12-6-4-10-19(21)20-11-5-7-13-22(20)23/h1-13,23H,14-17H2. The Balaban J connectivity index is 1.51. The summed E-state index contributed by atoms with van der Waals surface area (Å²) in [4.78, 5) is 14.3. The number of hydrogen-bond acceptors (Lipinski definition) is 4. The van der Waals surface area contributed by atoms with Gasteiger partial charge in [0.1, 0.15) is 6.61 Å². The smallest absolute Gasteiger partial charge is 0.410 e. The zero-order chi connectivity index (χ0) is 21.8. The summed E-state index contributed by atoms with van der Waals surface area (Å²) in [5, 5.41) is 0. The molecule has 0 aromatic heterocycles. The summed E-state index contributed by atoms with van der Waals surface area (Å²) in [5.74, 6) is -0.405. The van der Waals surface area contributed by atoms with Crippen molar-refractivity contribution >= 4 is 25.8 Å². The second-order valence-corrected chi connectivity index (χ2v) is 10.4. The van der Waals surface area contributed by atoms with Crippen LogP contribution >= 0.6 is 10.7 Å². The van der Waals surface area contributed by atoms with Gasteiger partial charge in [-0.2, -0.15) is 0 Å². The van der Waals surface area contributed by atoms with E-state index in [0.29, 0.717) is 0 Å². The van der Waals surface area contributed by atoms with Gasteiger partial charge in [-0.25, -0.2) is 13.2 Å². The quantitative estimate of drug-likeness (QED) is 0.470. The molecule has 0 bridgehead atoms. The van der Waals surface area contributed by atoms with E-state index in [0.717, 1.165) is 27.8 Å². The van der Waals surface area contributed by atoms with Crippen LogP contribution in [0.15, 0.2) is 78.9 Å². The molecule has 5 nitrogen and oxygen atoms in total. The number of halogens is 1. The lowest BCUT2D eigenvalue weighted by Crippen LogP contribution is -2.35. The third-order valence-corrected chi connectivity index (χ3v) is 6.55. The summed E-state index contributed by atoms with van der Waals surface area (Å²) in [6.07, 6.45) is -0.564. The molecule has 160 valence electrons. The summed E-state index contributed by atoms with van der Waals surface area (Å²) in [6, 6.07) is 25.6. The minimum absolute atomic E-state index is 0.0442. The number of hydrogen-bond donors (Lipinski definition) is 0. The fourth-order valence-electron chi connectivity index (χ4n) is 3.94. The van der Waals surface area contributed by atoms with Crippen molar-refractivity contribution in [2.45, 2.75) is 12.5 Å². The molecule has 0 heterocycles. The number of nitrogens with zero attached hydrogens (tertiary/aromatic N) is 1. The molecule has 0 radical (unpaired) electrons. The maximum Gasteiger partial charge on any atom is 0.410 e. The van der Waals surface area contributed by atoms with Gasteiger partial charge in [-0.05, 0) is 27.8 Å². The van der Waals surface area contributed by atoms with E-state index in [9.17, 15) is 13.2 Å². The molecule has 0 spiro atoms. The first-order valence-electron chi connectivity index (χ1n) is 9.98. The molecule has 3 aromatic carbocycles. The first kappa shape index (κ1) is 21.4. The molecule has 0 saturated carbocycles. The highest BCUT2D eigenvalue weighted by Gasteiger charge is 2.30. The van der Waals surface area contributed by atoms with E-state index >= 15 is 0 Å². The molecule has 3 aromatic rings. The molecule has 0 saturated heterocycles. The van der Waals surface area contributed by atoms with Crippen LogP contribution in [0, 0.1) is 0 Å². The van der Waals surface area contributed by atoms with Crippen molar-refractivity contribution in [2.24, 2.45) is 0 Å². The van der Waals surface area contributed by atoms with E-state index in [-0.39, 0.29) is 31.4 Å². The lowest BCUT2D eigenvalue weighted by molar-refractivity contribution is 0.0994. The zero-order valence-corrected chi connectivity index (χ0v) is 18.4. The largest absolute Gasteiger partial charge is 0.448 e. The number of rotatable bonds is 7. The number of ether oxygens (including phenoxy) is 1. The van der Waals surface area contributed by atoms with Gasteiger partial charge in [-0.3, -0.25) is 0 Å². The van der Waals surface area contributed by atoms with Gasteiger partial charge in [0.2, 0.25) is 9.05 Å². The number of fused-ring (bicyclic) bond motifs is 3. The SMILES string of the molecule is O=C(OCC1c2ccccc2-c2ccccc21)N(CCS(=O)(=O)Cl)Cc1ccccc1. The number of carbonyl (C=O) groups is 1. The van der Waals surface area contributed by atoms with Crippen LogP contribution in [0.5, 0.6) is 0 Å². The average Bonchev–Trinajstić information content (AvgIpc) is 3.09. The van der Waals surface area contributed by atoms with Crippen LogP contribution < -0.4 is 0 Å². The van der Waals surface area contributed by atoms with Crippen LogP contribution in [0.2, 0.25) is 0 Å². The van der Waals surface area contributed by atoms with E-state index in [1.54, 1.807) is 0 Å². The van der Waals surface area contributed by atoms with Gasteiger partial charge in [0, 0.05) is 29.7 Å². The molecule has 31 heavy (non-hydrogen) atoms. The van der Waals surface area contributed by atoms with Crippen molar-refractivity contribution in [3.05, 3.63) is 95.6 Å². The molecule has 1 amide bonds. The summed E-state index contributed by atoms with van der Waals surface area (Å²) in [5.41, 5.74) is 5.41. The maximum atomic E-state index is 12.9. The van der Waals surface area contributed by atoms with E-state index < -0.39 is 15.1 Å². The fraction of sp³-hybridized carbons (Fsp3) is 0.208. The van der Waals surface area contributed by atoms with Crippen molar-refractivity contribution in [3.8, 4) is 11.1 Å². The van der Waals surface area contributed by atoms with Crippen molar-refractivity contribution in [1.29, 1.82) is 0 Å². The number of benzene rings is 3. The Kier molecular flexibility index (Phi) is 6.30. The van der Waals surface area contributed by atoms with Gasteiger partial charge in [0.15, 0.2) is 0 Å². The Morgan fingerprint density at radius 3 is 2.00 bits per heavy atom. The molecule has 0 fully saturated rings. The molecular formula is C24H22ClNO4S. The first-order chi connectivity index (χ1) is 14.9. The Bertz CT molecular complexity index is 1140. The Labute approximate surface area is 186 Å². The lowest BCUT2D eigenvalue weighted by Gasteiger charge is -2.23. The first-order valence-corrected chi connectivity index (χ1v) is 12.5. The van der Waals surface area contributed by atoms with Gasteiger partial charge >= 0.3 is 6.09 Å². The van der Waals surface area contributed by atoms with Crippen LogP contribution in [0.25, 0.3) is 11.1 Å². The molecular weight excluding hydrogens is 434 g/mol. The maximum absolute atomic E-state index is 12.9. The van der Waals surface area contributed by atoms with Crippen LogP contribution in [-0.4, -0.2) is 38.3 Å². The zero-order valence-electron chi connectivity index (χ0n) is 16.8. The van der Waals surface area contributed by atoms with Crippen LogP contribution in [0.4, 0.5) is 4.79 Å². The highest BCUT2D eigenvalue weighted by atomic mass is 35.7. The Morgan fingerprint density at radius 2 is 1.42 bits per heavy atom. The van der Waals surface area contributed by atoms with Crippen molar-refractivity contribution < 1.29 is 17.9 Å². The Hall–Kier alpha value is -2.83. The fourth-order valence-corrected chi connectivity index (χ4v) is 4.59. The van der Waals surface area contributed by atoms with Gasteiger partial charge in [0.25, 0.3) is 0 Å². The van der Waals surface area contributed by atoms with E-state index in [2.05, 4.69) is 24.3 Å². The number of carbonyl (C=O) groups excluding carboxylic acids is 1. The van der Waals surface area contributed by atoms with Crippen LogP contribution in [-0.2, 0) is 20.3 Å². The van der Waals surface area contributed by atoms with Crippen LogP contribution in [0.1, 0.15) is 22.6 Å². The summed E-state index contributed by atoms with van der Waals surface area (Å²) < 4.78 is 28.6. The summed E-state index contributed by atoms with van der Waals surface area (Å²) >= 11 is 0. The molecule has 0 aliphatic heterocycles. The molecule has 0 atom stereocenters. The van der Waals surface area contributed by atoms with E-state index in [1.165, 1.54) is 4.90 Å². The minimum atomic E-state index is -3.73. The second kappa shape index (κ2) is 9.12. The normalized spacial score (nSPS) is 12.8. The van der Waals surface area contributed by atoms with E-state index in [1.807, 2.05) is 54.6 Å². The molecule has 1 aliphatic carbocycles. The third kappa shape index (κ3) is 5.09. The van der Waals surface area contributed by atoms with E-state index in [4.69, 9.17) is 15.4 Å². The van der Waals surface area contributed by atoms with Gasteiger partial charge in [-0.1, -0.05) is 78.9 Å². The van der Waals surface area contributed by atoms with Crippen molar-refractivity contribution in [1.82, 2.24) is 4.90 Å². The minimum Gasteiger partial charge on any atom is -0.448 e. The molecule has 0 unspecified atom stereocenters. The lowest BCUT2D eigenvalue weighted by atomic mass is 9.98. The van der Waals surface area contributed by atoms with Crippen molar-refractivity contribution in [3.63, 3.8) is 0 Å². The van der Waals surface area contributed by atoms with Crippen LogP contribution in [0.3, 0.4) is 0 Å². The summed E-state index contributed by atoms with van der Waals surface area (Å²) in [6.45, 7) is 0.368. The van der Waals surface area contributed by atoms with Gasteiger partial charge in [-0.15, -0.1) is 0 Å². The van der Waals surface area contributed by atoms with Crippen molar-refractivity contribution in [2.75, 3.05) is 18.9 Å². The average molecular weight is 456 g/mol. The monoisotopic (exact) mass is 455 g/mol. The molecule has 1 aliphatic rings. The topological polar surface area (TPSA) is 63.7 Å². The Morgan fingerprint density at radius 1 is 0.871 bits per heavy atom. The molecule has 4 rings (SSSR count). The summed E-state index contributed by atoms with van der Waals surface area (Å²) in [7, 11) is 1.64. The van der Waals surface area contributed by atoms with Gasteiger partial charge < -0.3 is 9.64 Å².